The first-order valence-corrected chi connectivity index (χ1v) is 11.2. The van der Waals surface area contributed by atoms with Gasteiger partial charge in [0.2, 0.25) is 0 Å². The van der Waals surface area contributed by atoms with E-state index in [1.165, 1.54) is 0 Å². The van der Waals surface area contributed by atoms with E-state index in [4.69, 9.17) is 9.84 Å². The van der Waals surface area contributed by atoms with E-state index in [1.54, 1.807) is 29.3 Å². The molecule has 0 radical (unpaired) electrons. The maximum absolute atomic E-state index is 13.3. The number of rotatable bonds is 5. The average molecular weight is 491 g/mol. The lowest BCUT2D eigenvalue weighted by Gasteiger charge is -2.22. The zero-order valence-electron chi connectivity index (χ0n) is 17.9. The summed E-state index contributed by atoms with van der Waals surface area (Å²) in [6.07, 6.45) is 0.411. The summed E-state index contributed by atoms with van der Waals surface area (Å²) in [4.78, 5) is 25.4. The van der Waals surface area contributed by atoms with Gasteiger partial charge in [-0.15, -0.1) is 0 Å². The Bertz CT molecular complexity index is 1140. The van der Waals surface area contributed by atoms with Crippen LogP contribution in [0.25, 0.3) is 0 Å². The number of esters is 1. The number of benzene rings is 3. The molecular weight excluding hydrogens is 468 g/mol. The van der Waals surface area contributed by atoms with Crippen molar-refractivity contribution in [3.8, 4) is 0 Å². The maximum Gasteiger partial charge on any atom is 0.338 e. The number of carbonyl (C=O) groups is 2. The van der Waals surface area contributed by atoms with Crippen LogP contribution >= 0.6 is 15.9 Å². The van der Waals surface area contributed by atoms with Crippen LogP contribution in [0.5, 0.6) is 0 Å². The standard InChI is InChI=1S/C26H23BrN2O3/c1-17(2)32-26(31)21-10-8-18(9-11-21)23-16-24(19-6-4-3-5-7-19)29(28-23)25(30)20-12-14-22(27)15-13-20/h3-15,17,24H,16H2,1-2H3. The molecule has 4 rings (SSSR count). The van der Waals surface area contributed by atoms with E-state index < -0.39 is 0 Å². The van der Waals surface area contributed by atoms with Gasteiger partial charge in [-0.05, 0) is 61.4 Å². The van der Waals surface area contributed by atoms with Crippen LogP contribution in [0.3, 0.4) is 0 Å². The van der Waals surface area contributed by atoms with Crippen LogP contribution in [0.4, 0.5) is 0 Å². The summed E-state index contributed by atoms with van der Waals surface area (Å²) >= 11 is 3.41. The smallest absolute Gasteiger partial charge is 0.338 e. The molecule has 3 aromatic carbocycles. The molecule has 0 N–H and O–H groups in total. The van der Waals surface area contributed by atoms with Gasteiger partial charge in [0.1, 0.15) is 0 Å². The molecule has 1 aliphatic heterocycles. The van der Waals surface area contributed by atoms with E-state index in [9.17, 15) is 9.59 Å². The molecule has 162 valence electrons. The molecule has 3 aromatic rings. The molecule has 0 aromatic heterocycles. The van der Waals surface area contributed by atoms with Gasteiger partial charge in [-0.2, -0.15) is 5.10 Å². The second kappa shape index (κ2) is 9.49. The van der Waals surface area contributed by atoms with Gasteiger partial charge in [-0.25, -0.2) is 9.80 Å². The quantitative estimate of drug-likeness (QED) is 0.411. The van der Waals surface area contributed by atoms with Crippen molar-refractivity contribution in [2.24, 2.45) is 5.10 Å². The molecular formula is C26H23BrN2O3. The third-order valence-corrected chi connectivity index (χ3v) is 5.72. The summed E-state index contributed by atoms with van der Waals surface area (Å²) in [5, 5.41) is 6.27. The number of ether oxygens (including phenoxy) is 1. The second-order valence-electron chi connectivity index (χ2n) is 7.87. The van der Waals surface area contributed by atoms with Crippen molar-refractivity contribution >= 4 is 33.5 Å². The van der Waals surface area contributed by atoms with Crippen molar-refractivity contribution in [1.82, 2.24) is 5.01 Å². The molecule has 0 saturated heterocycles. The number of amides is 1. The Morgan fingerprint density at radius 3 is 2.19 bits per heavy atom. The average Bonchev–Trinajstić information content (AvgIpc) is 3.25. The van der Waals surface area contributed by atoms with Gasteiger partial charge in [-0.3, -0.25) is 4.79 Å². The summed E-state index contributed by atoms with van der Waals surface area (Å²) in [6.45, 7) is 3.64. The molecule has 1 heterocycles. The highest BCUT2D eigenvalue weighted by Gasteiger charge is 2.33. The Labute approximate surface area is 195 Å². The fourth-order valence-electron chi connectivity index (χ4n) is 3.61. The molecule has 1 atom stereocenters. The minimum absolute atomic E-state index is 0.154. The number of hydrogen-bond donors (Lipinski definition) is 0. The lowest BCUT2D eigenvalue weighted by Crippen LogP contribution is -2.27. The van der Waals surface area contributed by atoms with Crippen LogP contribution < -0.4 is 0 Å². The molecule has 0 saturated carbocycles. The van der Waals surface area contributed by atoms with Crippen LogP contribution in [-0.4, -0.2) is 28.7 Å². The Kier molecular flexibility index (Phi) is 6.51. The van der Waals surface area contributed by atoms with Crippen LogP contribution in [0, 0.1) is 0 Å². The SMILES string of the molecule is CC(C)OC(=O)c1ccc(C2=NN(C(=O)c3ccc(Br)cc3)C(c3ccccc3)C2)cc1. The molecule has 6 heteroatoms. The highest BCUT2D eigenvalue weighted by molar-refractivity contribution is 9.10. The van der Waals surface area contributed by atoms with E-state index in [0.717, 1.165) is 21.3 Å². The van der Waals surface area contributed by atoms with Gasteiger partial charge < -0.3 is 4.74 Å². The number of hydrogen-bond acceptors (Lipinski definition) is 4. The molecule has 0 aliphatic carbocycles. The third-order valence-electron chi connectivity index (χ3n) is 5.19. The molecule has 0 spiro atoms. The van der Waals surface area contributed by atoms with E-state index in [2.05, 4.69) is 15.9 Å². The minimum atomic E-state index is -0.353. The van der Waals surface area contributed by atoms with E-state index in [-0.39, 0.29) is 24.0 Å². The first-order valence-electron chi connectivity index (χ1n) is 10.5. The Morgan fingerprint density at radius 2 is 1.56 bits per heavy atom. The fraction of sp³-hybridized carbons (Fsp3) is 0.192. The van der Waals surface area contributed by atoms with Gasteiger partial charge in [0.05, 0.1) is 23.4 Å². The second-order valence-corrected chi connectivity index (χ2v) is 8.78. The summed E-state index contributed by atoms with van der Waals surface area (Å²) in [6, 6.07) is 24.1. The monoisotopic (exact) mass is 490 g/mol. The van der Waals surface area contributed by atoms with Crippen molar-refractivity contribution < 1.29 is 14.3 Å². The topological polar surface area (TPSA) is 59.0 Å². The Morgan fingerprint density at radius 1 is 0.938 bits per heavy atom. The molecule has 1 amide bonds. The fourth-order valence-corrected chi connectivity index (χ4v) is 3.88. The largest absolute Gasteiger partial charge is 0.459 e. The summed E-state index contributed by atoms with van der Waals surface area (Å²) in [5.74, 6) is -0.507. The lowest BCUT2D eigenvalue weighted by molar-refractivity contribution is 0.0377. The lowest BCUT2D eigenvalue weighted by atomic mass is 9.97. The van der Waals surface area contributed by atoms with Gasteiger partial charge in [0.15, 0.2) is 0 Å². The molecule has 5 nitrogen and oxygen atoms in total. The zero-order valence-corrected chi connectivity index (χ0v) is 19.5. The van der Waals surface area contributed by atoms with E-state index in [0.29, 0.717) is 17.5 Å². The van der Waals surface area contributed by atoms with Gasteiger partial charge >= 0.3 is 5.97 Å². The molecule has 1 unspecified atom stereocenters. The zero-order chi connectivity index (χ0) is 22.7. The summed E-state index contributed by atoms with van der Waals surface area (Å²) in [7, 11) is 0. The van der Waals surface area contributed by atoms with E-state index >= 15 is 0 Å². The number of nitrogens with zero attached hydrogens (tertiary/aromatic N) is 2. The molecule has 1 aliphatic rings. The predicted molar refractivity (Wildman–Crippen MR) is 128 cm³/mol. The Balaban J connectivity index is 1.64. The van der Waals surface area contributed by atoms with Crippen molar-refractivity contribution in [1.29, 1.82) is 0 Å². The number of carbonyl (C=O) groups excluding carboxylic acids is 2. The predicted octanol–water partition coefficient (Wildman–Crippen LogP) is 6.01. The normalized spacial score (nSPS) is 15.6. The third kappa shape index (κ3) is 4.81. The summed E-state index contributed by atoms with van der Waals surface area (Å²) < 4.78 is 6.17. The van der Waals surface area contributed by atoms with Gasteiger partial charge in [-0.1, -0.05) is 58.4 Å². The minimum Gasteiger partial charge on any atom is -0.459 e. The van der Waals surface area contributed by atoms with Crippen molar-refractivity contribution in [3.63, 3.8) is 0 Å². The maximum atomic E-state index is 13.3. The van der Waals surface area contributed by atoms with Crippen molar-refractivity contribution in [2.45, 2.75) is 32.4 Å². The van der Waals surface area contributed by atoms with Crippen LogP contribution in [0.2, 0.25) is 0 Å². The van der Waals surface area contributed by atoms with Crippen LogP contribution in [0.1, 0.15) is 58.2 Å². The number of halogens is 1. The first-order chi connectivity index (χ1) is 15.4. The number of hydrazone groups is 1. The van der Waals surface area contributed by atoms with Gasteiger partial charge in [0.25, 0.3) is 5.91 Å². The highest BCUT2D eigenvalue weighted by Crippen LogP contribution is 2.34. The van der Waals surface area contributed by atoms with Crippen molar-refractivity contribution in [2.75, 3.05) is 0 Å². The van der Waals surface area contributed by atoms with Gasteiger partial charge in [0, 0.05) is 16.5 Å². The molecule has 0 bridgehead atoms. The highest BCUT2D eigenvalue weighted by atomic mass is 79.9. The van der Waals surface area contributed by atoms with Crippen molar-refractivity contribution in [3.05, 3.63) is 106 Å². The van der Waals surface area contributed by atoms with E-state index in [1.807, 2.05) is 68.4 Å². The van der Waals surface area contributed by atoms with Crippen LogP contribution in [0.15, 0.2) is 88.4 Å². The molecule has 0 fully saturated rings. The van der Waals surface area contributed by atoms with Crippen LogP contribution in [-0.2, 0) is 4.74 Å². The summed E-state index contributed by atoms with van der Waals surface area (Å²) in [5.41, 5.74) is 3.76. The molecule has 32 heavy (non-hydrogen) atoms. The Hall–Kier alpha value is -3.25. The first kappa shape index (κ1) is 22.0.